The molecule has 21 heavy (non-hydrogen) atoms. The van der Waals surface area contributed by atoms with Crippen molar-refractivity contribution in [2.75, 3.05) is 7.05 Å². The first-order chi connectivity index (χ1) is 10.1. The zero-order valence-corrected chi connectivity index (χ0v) is 13.1. The molecule has 0 amide bonds. The first kappa shape index (κ1) is 14.4. The summed E-state index contributed by atoms with van der Waals surface area (Å²) < 4.78 is 19.9. The molecule has 0 aliphatic carbocycles. The molecule has 1 unspecified atom stereocenters. The molecule has 3 rings (SSSR count). The van der Waals surface area contributed by atoms with Gasteiger partial charge in [-0.05, 0) is 26.1 Å². The Labute approximate surface area is 129 Å². The monoisotopic (exact) mass is 325 g/mol. The Morgan fingerprint density at radius 3 is 3.00 bits per heavy atom. The summed E-state index contributed by atoms with van der Waals surface area (Å²) in [5.74, 6) is 0.586. The Bertz CT molecular complexity index is 786. The fourth-order valence-electron chi connectivity index (χ4n) is 2.01. The van der Waals surface area contributed by atoms with E-state index >= 15 is 0 Å². The van der Waals surface area contributed by atoms with Crippen LogP contribution >= 0.6 is 22.9 Å². The summed E-state index contributed by atoms with van der Waals surface area (Å²) in [6, 6.07) is 5.10. The first-order valence-electron chi connectivity index (χ1n) is 6.47. The zero-order chi connectivity index (χ0) is 15.0. The van der Waals surface area contributed by atoms with E-state index in [2.05, 4.69) is 15.5 Å². The summed E-state index contributed by atoms with van der Waals surface area (Å²) in [5, 5.41) is 7.78. The molecule has 0 spiro atoms. The number of hydrogen-bond acceptors (Lipinski definition) is 5. The Balaban J connectivity index is 2.01. The number of aromatic nitrogens is 2. The molecular weight excluding hydrogens is 313 g/mol. The summed E-state index contributed by atoms with van der Waals surface area (Å²) in [6.45, 7) is 2.03. The molecular formula is C14H13ClFN3OS. The Kier molecular flexibility index (Phi) is 3.93. The summed E-state index contributed by atoms with van der Waals surface area (Å²) in [7, 11) is 1.87. The van der Waals surface area contributed by atoms with Crippen molar-refractivity contribution in [2.24, 2.45) is 0 Å². The van der Waals surface area contributed by atoms with Gasteiger partial charge in [-0.25, -0.2) is 4.39 Å². The SMILES string of the molecule is CNC(C)Cc1noc(-c2sc3cccc(F)c3c2Cl)n1. The molecule has 0 radical (unpaired) electrons. The van der Waals surface area contributed by atoms with Crippen molar-refractivity contribution in [1.29, 1.82) is 0 Å². The van der Waals surface area contributed by atoms with Crippen molar-refractivity contribution < 1.29 is 8.91 Å². The summed E-state index contributed by atoms with van der Waals surface area (Å²) in [6.07, 6.45) is 0.650. The van der Waals surface area contributed by atoms with Crippen molar-refractivity contribution in [3.63, 3.8) is 0 Å². The minimum Gasteiger partial charge on any atom is -0.333 e. The highest BCUT2D eigenvalue weighted by Gasteiger charge is 2.20. The van der Waals surface area contributed by atoms with E-state index < -0.39 is 0 Å². The highest BCUT2D eigenvalue weighted by atomic mass is 35.5. The van der Waals surface area contributed by atoms with E-state index in [1.807, 2.05) is 20.0 Å². The lowest BCUT2D eigenvalue weighted by molar-refractivity contribution is 0.419. The van der Waals surface area contributed by atoms with Crippen LogP contribution in [0.25, 0.3) is 20.9 Å². The normalized spacial score (nSPS) is 13.0. The lowest BCUT2D eigenvalue weighted by atomic mass is 10.2. The number of likely N-dealkylation sites (N-methyl/N-ethyl adjacent to an activating group) is 1. The summed E-state index contributed by atoms with van der Waals surface area (Å²) in [4.78, 5) is 4.94. The van der Waals surface area contributed by atoms with Crippen LogP contribution in [0.4, 0.5) is 4.39 Å². The van der Waals surface area contributed by atoms with Crippen LogP contribution in [-0.2, 0) is 6.42 Å². The van der Waals surface area contributed by atoms with Crippen LogP contribution in [-0.4, -0.2) is 23.2 Å². The van der Waals surface area contributed by atoms with E-state index in [9.17, 15) is 4.39 Å². The van der Waals surface area contributed by atoms with Crippen LogP contribution in [0.1, 0.15) is 12.7 Å². The quantitative estimate of drug-likeness (QED) is 0.790. The maximum absolute atomic E-state index is 13.8. The van der Waals surface area contributed by atoms with Crippen molar-refractivity contribution >= 4 is 33.0 Å². The van der Waals surface area contributed by atoms with Gasteiger partial charge in [-0.1, -0.05) is 22.8 Å². The number of hydrogen-bond donors (Lipinski definition) is 1. The number of nitrogens with one attached hydrogen (secondary N) is 1. The number of nitrogens with zero attached hydrogens (tertiary/aromatic N) is 2. The van der Waals surface area contributed by atoms with Gasteiger partial charge in [0.1, 0.15) is 10.7 Å². The Morgan fingerprint density at radius 1 is 1.48 bits per heavy atom. The summed E-state index contributed by atoms with van der Waals surface area (Å²) >= 11 is 7.61. The van der Waals surface area contributed by atoms with E-state index in [4.69, 9.17) is 16.1 Å². The van der Waals surface area contributed by atoms with Gasteiger partial charge in [0.25, 0.3) is 5.89 Å². The molecule has 0 saturated carbocycles. The molecule has 110 valence electrons. The molecule has 2 heterocycles. The van der Waals surface area contributed by atoms with Crippen LogP contribution < -0.4 is 5.32 Å². The van der Waals surface area contributed by atoms with Gasteiger partial charge in [-0.15, -0.1) is 11.3 Å². The third-order valence-electron chi connectivity index (χ3n) is 3.25. The van der Waals surface area contributed by atoms with Gasteiger partial charge in [0.2, 0.25) is 0 Å². The molecule has 3 aromatic rings. The smallest absolute Gasteiger partial charge is 0.269 e. The summed E-state index contributed by atoms with van der Waals surface area (Å²) in [5.41, 5.74) is 0. The lowest BCUT2D eigenvalue weighted by Crippen LogP contribution is -2.24. The number of rotatable bonds is 4. The molecule has 1 aromatic carbocycles. The fraction of sp³-hybridized carbons (Fsp3) is 0.286. The van der Waals surface area contributed by atoms with Crippen molar-refractivity contribution in [3.05, 3.63) is 34.9 Å². The van der Waals surface area contributed by atoms with Crippen LogP contribution in [0, 0.1) is 5.82 Å². The molecule has 0 aliphatic rings. The van der Waals surface area contributed by atoms with Gasteiger partial charge in [-0.3, -0.25) is 0 Å². The lowest BCUT2D eigenvalue weighted by Gasteiger charge is -2.04. The maximum atomic E-state index is 13.8. The molecule has 1 atom stereocenters. The molecule has 1 N–H and O–H groups in total. The standard InChI is InChI=1S/C14H13ClFN3OS/c1-7(17-2)6-10-18-14(20-19-10)13-12(15)11-8(16)4-3-5-9(11)21-13/h3-5,7,17H,6H2,1-2H3. The van der Waals surface area contributed by atoms with Gasteiger partial charge >= 0.3 is 0 Å². The molecule has 0 fully saturated rings. The van der Waals surface area contributed by atoms with Crippen LogP contribution in [0.5, 0.6) is 0 Å². The Morgan fingerprint density at radius 2 is 2.29 bits per heavy atom. The number of halogens is 2. The number of thiophene rings is 1. The minimum atomic E-state index is -0.344. The third kappa shape index (κ3) is 2.66. The van der Waals surface area contributed by atoms with E-state index in [0.29, 0.717) is 33.4 Å². The van der Waals surface area contributed by atoms with Crippen LogP contribution in [0.15, 0.2) is 22.7 Å². The molecule has 0 bridgehead atoms. The Hall–Kier alpha value is -1.50. The zero-order valence-electron chi connectivity index (χ0n) is 11.5. The molecule has 2 aromatic heterocycles. The van der Waals surface area contributed by atoms with Crippen molar-refractivity contribution in [2.45, 2.75) is 19.4 Å². The topological polar surface area (TPSA) is 51.0 Å². The molecule has 0 saturated heterocycles. The van der Waals surface area contributed by atoms with Crippen molar-refractivity contribution in [1.82, 2.24) is 15.5 Å². The predicted molar refractivity (Wildman–Crippen MR) is 82.3 cm³/mol. The van der Waals surface area contributed by atoms with Gasteiger partial charge < -0.3 is 9.84 Å². The highest BCUT2D eigenvalue weighted by molar-refractivity contribution is 7.23. The largest absolute Gasteiger partial charge is 0.333 e. The molecule has 7 heteroatoms. The van der Waals surface area contributed by atoms with Gasteiger partial charge in [-0.2, -0.15) is 4.98 Å². The fourth-order valence-corrected chi connectivity index (χ4v) is 3.49. The average Bonchev–Trinajstić information content (AvgIpc) is 3.04. The average molecular weight is 326 g/mol. The maximum Gasteiger partial charge on any atom is 0.269 e. The second-order valence-corrected chi connectivity index (χ2v) is 6.20. The first-order valence-corrected chi connectivity index (χ1v) is 7.66. The van der Waals surface area contributed by atoms with Gasteiger partial charge in [0, 0.05) is 22.5 Å². The van der Waals surface area contributed by atoms with E-state index in [0.717, 1.165) is 4.70 Å². The van der Waals surface area contributed by atoms with Gasteiger partial charge in [0.15, 0.2) is 5.82 Å². The third-order valence-corrected chi connectivity index (χ3v) is 4.88. The number of fused-ring (bicyclic) bond motifs is 1. The van der Waals surface area contributed by atoms with Crippen molar-refractivity contribution in [3.8, 4) is 10.8 Å². The van der Waals surface area contributed by atoms with E-state index in [-0.39, 0.29) is 11.9 Å². The molecule has 4 nitrogen and oxygen atoms in total. The second-order valence-electron chi connectivity index (χ2n) is 4.77. The van der Waals surface area contributed by atoms with Gasteiger partial charge in [0.05, 0.1) is 5.02 Å². The van der Waals surface area contributed by atoms with E-state index in [1.165, 1.54) is 17.4 Å². The van der Waals surface area contributed by atoms with Crippen LogP contribution in [0.2, 0.25) is 5.02 Å². The predicted octanol–water partition coefficient (Wildman–Crippen LogP) is 3.89. The second kappa shape index (κ2) is 5.71. The number of benzene rings is 1. The van der Waals surface area contributed by atoms with E-state index in [1.54, 1.807) is 6.07 Å². The van der Waals surface area contributed by atoms with Crippen LogP contribution in [0.3, 0.4) is 0 Å². The minimum absolute atomic E-state index is 0.241. The molecule has 0 aliphatic heterocycles. The highest BCUT2D eigenvalue weighted by Crippen LogP contribution is 2.42.